The van der Waals surface area contributed by atoms with E-state index in [1.165, 1.54) is 11.1 Å². The number of alkyl halides is 3. The molecule has 5 rings (SSSR count). The first-order chi connectivity index (χ1) is 15.4. The number of aromatic nitrogens is 2. The molecule has 0 bridgehead atoms. The van der Waals surface area contributed by atoms with Gasteiger partial charge in [0.15, 0.2) is 0 Å². The second-order valence-electron chi connectivity index (χ2n) is 9.47. The molecule has 3 aliphatic rings. The van der Waals surface area contributed by atoms with Gasteiger partial charge >= 0.3 is 6.18 Å². The molecule has 0 saturated carbocycles. The number of hydrogen-bond acceptors (Lipinski definition) is 5. The average molecular weight is 446 g/mol. The average Bonchev–Trinajstić information content (AvgIpc) is 3.30. The lowest BCUT2D eigenvalue weighted by atomic mass is 9.73. The lowest BCUT2D eigenvalue weighted by Crippen LogP contribution is -2.43. The molecule has 2 aromatic rings. The van der Waals surface area contributed by atoms with Crippen molar-refractivity contribution in [3.63, 3.8) is 0 Å². The summed E-state index contributed by atoms with van der Waals surface area (Å²) in [5, 5.41) is 6.51. The Morgan fingerprint density at radius 2 is 2.03 bits per heavy atom. The SMILES string of the molecule is C[C@@H]1CCc2ncnc(N3CC4(CCNCC4)c4c(CNCCC(F)(F)F)cccc43)c21. The van der Waals surface area contributed by atoms with Crippen LogP contribution in [0, 0.1) is 0 Å². The molecule has 0 unspecified atom stereocenters. The fourth-order valence-electron chi connectivity index (χ4n) is 5.83. The highest BCUT2D eigenvalue weighted by Crippen LogP contribution is 2.52. The molecule has 8 heteroatoms. The molecule has 0 amide bonds. The number of nitrogens with one attached hydrogen (secondary N) is 2. The highest BCUT2D eigenvalue weighted by molar-refractivity contribution is 5.75. The molecule has 32 heavy (non-hydrogen) atoms. The zero-order chi connectivity index (χ0) is 22.3. The fraction of sp³-hybridized carbons (Fsp3) is 0.583. The van der Waals surface area contributed by atoms with Gasteiger partial charge in [0.1, 0.15) is 12.1 Å². The lowest BCUT2D eigenvalue weighted by molar-refractivity contribution is -0.133. The quantitative estimate of drug-likeness (QED) is 0.671. The predicted molar refractivity (Wildman–Crippen MR) is 118 cm³/mol. The molecule has 172 valence electrons. The summed E-state index contributed by atoms with van der Waals surface area (Å²) in [6.07, 6.45) is 0.849. The number of piperidine rings is 1. The molecule has 3 heterocycles. The summed E-state index contributed by atoms with van der Waals surface area (Å²) in [6.45, 7) is 5.38. The van der Waals surface area contributed by atoms with Crippen LogP contribution in [0.15, 0.2) is 24.5 Å². The number of anilines is 2. The number of hydrogen-bond donors (Lipinski definition) is 2. The maximum Gasteiger partial charge on any atom is 0.390 e. The molecular weight excluding hydrogens is 415 g/mol. The number of aryl methyl sites for hydroxylation is 1. The van der Waals surface area contributed by atoms with Crippen LogP contribution < -0.4 is 15.5 Å². The zero-order valence-corrected chi connectivity index (χ0v) is 18.4. The molecular formula is C24H30F3N5. The van der Waals surface area contributed by atoms with E-state index in [1.54, 1.807) is 6.33 Å². The van der Waals surface area contributed by atoms with E-state index in [0.29, 0.717) is 12.5 Å². The molecule has 0 radical (unpaired) electrons. The largest absolute Gasteiger partial charge is 0.390 e. The van der Waals surface area contributed by atoms with Gasteiger partial charge in [0, 0.05) is 42.0 Å². The molecule has 1 spiro atoms. The molecule has 1 atom stereocenters. The van der Waals surface area contributed by atoms with Crippen LogP contribution in [0.3, 0.4) is 0 Å². The maximum atomic E-state index is 12.6. The Bertz CT molecular complexity index is 984. The Morgan fingerprint density at radius 1 is 1.22 bits per heavy atom. The first kappa shape index (κ1) is 21.6. The number of nitrogens with zero attached hydrogens (tertiary/aromatic N) is 3. The van der Waals surface area contributed by atoms with Crippen LogP contribution in [-0.2, 0) is 18.4 Å². The van der Waals surface area contributed by atoms with Crippen LogP contribution in [0.5, 0.6) is 0 Å². The first-order valence-corrected chi connectivity index (χ1v) is 11.6. The number of halogens is 3. The van der Waals surface area contributed by atoms with E-state index in [4.69, 9.17) is 4.98 Å². The highest BCUT2D eigenvalue weighted by Gasteiger charge is 2.46. The van der Waals surface area contributed by atoms with Gasteiger partial charge in [-0.15, -0.1) is 0 Å². The molecule has 1 saturated heterocycles. The zero-order valence-electron chi connectivity index (χ0n) is 18.4. The second-order valence-corrected chi connectivity index (χ2v) is 9.47. The topological polar surface area (TPSA) is 53.1 Å². The highest BCUT2D eigenvalue weighted by atomic mass is 19.4. The molecule has 1 aromatic carbocycles. The third kappa shape index (κ3) is 3.88. The molecule has 1 aliphatic carbocycles. The minimum absolute atomic E-state index is 0.0113. The third-order valence-electron chi connectivity index (χ3n) is 7.38. The summed E-state index contributed by atoms with van der Waals surface area (Å²) >= 11 is 0. The minimum Gasteiger partial charge on any atom is -0.325 e. The van der Waals surface area contributed by atoms with Crippen LogP contribution in [0.2, 0.25) is 0 Å². The Morgan fingerprint density at radius 3 is 2.81 bits per heavy atom. The van der Waals surface area contributed by atoms with Crippen molar-refractivity contribution in [3.8, 4) is 0 Å². The van der Waals surface area contributed by atoms with Crippen LogP contribution in [-0.4, -0.2) is 42.3 Å². The van der Waals surface area contributed by atoms with Gasteiger partial charge in [0.25, 0.3) is 0 Å². The van der Waals surface area contributed by atoms with Gasteiger partial charge in [-0.3, -0.25) is 0 Å². The standard InChI is InChI=1S/C24H30F3N5/c1-16-5-6-18-20(16)22(31-15-30-18)32-14-23(7-10-28-11-8-23)21-17(3-2-4-19(21)32)13-29-12-9-24(25,26)27/h2-4,15-16,28-29H,5-14H2,1H3/t16-/m1/s1. The van der Waals surface area contributed by atoms with E-state index in [9.17, 15) is 13.2 Å². The van der Waals surface area contributed by atoms with Crippen molar-refractivity contribution in [1.82, 2.24) is 20.6 Å². The van der Waals surface area contributed by atoms with Crippen molar-refractivity contribution in [2.24, 2.45) is 0 Å². The Labute approximate surface area is 186 Å². The number of rotatable bonds is 5. The van der Waals surface area contributed by atoms with Crippen molar-refractivity contribution < 1.29 is 13.2 Å². The van der Waals surface area contributed by atoms with Crippen molar-refractivity contribution in [2.75, 3.05) is 31.1 Å². The summed E-state index contributed by atoms with van der Waals surface area (Å²) < 4.78 is 37.8. The van der Waals surface area contributed by atoms with E-state index < -0.39 is 12.6 Å². The van der Waals surface area contributed by atoms with E-state index in [-0.39, 0.29) is 12.0 Å². The Balaban J connectivity index is 1.51. The normalized spacial score (nSPS) is 21.8. The maximum absolute atomic E-state index is 12.6. The van der Waals surface area contributed by atoms with Crippen molar-refractivity contribution in [1.29, 1.82) is 0 Å². The fourth-order valence-corrected chi connectivity index (χ4v) is 5.83. The molecule has 2 N–H and O–H groups in total. The molecule has 1 aromatic heterocycles. The van der Waals surface area contributed by atoms with Gasteiger partial charge in [0.05, 0.1) is 6.42 Å². The number of fused-ring (bicyclic) bond motifs is 3. The van der Waals surface area contributed by atoms with Crippen LogP contribution >= 0.6 is 0 Å². The smallest absolute Gasteiger partial charge is 0.325 e. The van der Waals surface area contributed by atoms with Gasteiger partial charge in [0.2, 0.25) is 0 Å². The predicted octanol–water partition coefficient (Wildman–Crippen LogP) is 4.34. The van der Waals surface area contributed by atoms with Gasteiger partial charge in [-0.05, 0) is 61.9 Å². The third-order valence-corrected chi connectivity index (χ3v) is 7.38. The van der Waals surface area contributed by atoms with Crippen LogP contribution in [0.1, 0.15) is 60.9 Å². The van der Waals surface area contributed by atoms with Gasteiger partial charge in [-0.1, -0.05) is 19.1 Å². The lowest BCUT2D eigenvalue weighted by Gasteiger charge is -2.36. The molecule has 2 aliphatic heterocycles. The van der Waals surface area contributed by atoms with Crippen LogP contribution in [0.25, 0.3) is 0 Å². The van der Waals surface area contributed by atoms with Gasteiger partial charge in [-0.25, -0.2) is 9.97 Å². The Hall–Kier alpha value is -2.19. The summed E-state index contributed by atoms with van der Waals surface area (Å²) in [4.78, 5) is 11.7. The monoisotopic (exact) mass is 445 g/mol. The number of benzene rings is 1. The van der Waals surface area contributed by atoms with Gasteiger partial charge < -0.3 is 15.5 Å². The van der Waals surface area contributed by atoms with Crippen molar-refractivity contribution in [3.05, 3.63) is 46.9 Å². The Kier molecular flexibility index (Phi) is 5.61. The van der Waals surface area contributed by atoms with Crippen molar-refractivity contribution >= 4 is 11.5 Å². The summed E-state index contributed by atoms with van der Waals surface area (Å²) in [7, 11) is 0. The second kappa shape index (κ2) is 8.30. The van der Waals surface area contributed by atoms with Crippen LogP contribution in [0.4, 0.5) is 24.7 Å². The molecule has 1 fully saturated rings. The molecule has 5 nitrogen and oxygen atoms in total. The minimum atomic E-state index is -4.14. The van der Waals surface area contributed by atoms with Gasteiger partial charge in [-0.2, -0.15) is 13.2 Å². The van der Waals surface area contributed by atoms with Crippen molar-refractivity contribution in [2.45, 2.75) is 63.1 Å². The first-order valence-electron chi connectivity index (χ1n) is 11.6. The summed E-state index contributed by atoms with van der Waals surface area (Å²) in [5.41, 5.74) is 5.95. The van der Waals surface area contributed by atoms with E-state index in [0.717, 1.165) is 68.1 Å². The summed E-state index contributed by atoms with van der Waals surface area (Å²) in [5.74, 6) is 1.44. The summed E-state index contributed by atoms with van der Waals surface area (Å²) in [6, 6.07) is 6.25. The van der Waals surface area contributed by atoms with E-state index in [1.807, 2.05) is 6.07 Å². The van der Waals surface area contributed by atoms with E-state index >= 15 is 0 Å². The van der Waals surface area contributed by atoms with E-state index in [2.05, 4.69) is 39.6 Å².